The Kier molecular flexibility index (Phi) is 7.81. The number of carbonyl (C=O) groups is 1. The van der Waals surface area contributed by atoms with Gasteiger partial charge in [-0.2, -0.15) is 0 Å². The molecule has 0 fully saturated rings. The van der Waals surface area contributed by atoms with Crippen LogP contribution in [0.25, 0.3) is 0 Å². The van der Waals surface area contributed by atoms with Crippen LogP contribution in [-0.2, 0) is 11.2 Å². The van der Waals surface area contributed by atoms with Crippen LogP contribution in [0.2, 0.25) is 0 Å². The lowest BCUT2D eigenvalue weighted by Gasteiger charge is -2.18. The third-order valence-corrected chi connectivity index (χ3v) is 4.14. The maximum Gasteiger partial charge on any atom is 0.243 e. The SMILES string of the molecule is C=C(C)CNC(=NCC(=O)N(C)C)NC(C)Cc1ccc(C)s1. The number of aliphatic imine (C=N–C) groups is 1. The van der Waals surface area contributed by atoms with E-state index in [1.807, 2.05) is 18.3 Å². The number of nitrogens with zero attached hydrogens (tertiary/aromatic N) is 2. The van der Waals surface area contributed by atoms with Crippen molar-refractivity contribution in [2.75, 3.05) is 27.2 Å². The first-order chi connectivity index (χ1) is 10.8. The maximum atomic E-state index is 11.7. The van der Waals surface area contributed by atoms with Crippen molar-refractivity contribution in [3.05, 3.63) is 34.0 Å². The molecule has 2 N–H and O–H groups in total. The minimum Gasteiger partial charge on any atom is -0.354 e. The van der Waals surface area contributed by atoms with Gasteiger partial charge in [-0.25, -0.2) is 4.99 Å². The topological polar surface area (TPSA) is 56.7 Å². The van der Waals surface area contributed by atoms with Crippen LogP contribution < -0.4 is 10.6 Å². The summed E-state index contributed by atoms with van der Waals surface area (Å²) in [5.41, 5.74) is 1.01. The fraction of sp³-hybridized carbons (Fsp3) is 0.529. The molecule has 1 atom stereocenters. The molecule has 0 bridgehead atoms. The summed E-state index contributed by atoms with van der Waals surface area (Å²) in [5, 5.41) is 6.57. The number of hydrogen-bond donors (Lipinski definition) is 2. The Labute approximate surface area is 143 Å². The molecule has 1 amide bonds. The van der Waals surface area contributed by atoms with Gasteiger partial charge in [0, 0.05) is 42.9 Å². The molecule has 1 unspecified atom stereocenters. The molecule has 23 heavy (non-hydrogen) atoms. The first-order valence-electron chi connectivity index (χ1n) is 7.72. The van der Waals surface area contributed by atoms with Crippen molar-refractivity contribution in [3.63, 3.8) is 0 Å². The Hall–Kier alpha value is -1.82. The number of carbonyl (C=O) groups excluding carboxylic acids is 1. The Morgan fingerprint density at radius 2 is 2.13 bits per heavy atom. The third-order valence-electron chi connectivity index (χ3n) is 3.12. The van der Waals surface area contributed by atoms with E-state index in [1.165, 1.54) is 14.7 Å². The number of thiophene rings is 1. The zero-order valence-electron chi connectivity index (χ0n) is 14.8. The van der Waals surface area contributed by atoms with Crippen molar-refractivity contribution < 1.29 is 4.79 Å². The number of aryl methyl sites for hydroxylation is 1. The Bertz CT molecular complexity index is 563. The predicted molar refractivity (Wildman–Crippen MR) is 99.2 cm³/mol. The zero-order valence-corrected chi connectivity index (χ0v) is 15.6. The van der Waals surface area contributed by atoms with Crippen LogP contribution in [0.4, 0.5) is 0 Å². The van der Waals surface area contributed by atoms with E-state index in [-0.39, 0.29) is 18.5 Å². The molecule has 0 aliphatic heterocycles. The normalized spacial score (nSPS) is 12.7. The van der Waals surface area contributed by atoms with Gasteiger partial charge in [-0.1, -0.05) is 12.2 Å². The lowest BCUT2D eigenvalue weighted by molar-refractivity contribution is -0.127. The summed E-state index contributed by atoms with van der Waals surface area (Å²) in [5.74, 6) is 0.618. The van der Waals surface area contributed by atoms with Crippen LogP contribution in [0.5, 0.6) is 0 Å². The van der Waals surface area contributed by atoms with Crippen molar-refractivity contribution in [2.24, 2.45) is 4.99 Å². The van der Waals surface area contributed by atoms with Gasteiger partial charge in [-0.3, -0.25) is 4.79 Å². The van der Waals surface area contributed by atoms with Gasteiger partial charge in [0.15, 0.2) is 5.96 Å². The van der Waals surface area contributed by atoms with E-state index < -0.39 is 0 Å². The summed E-state index contributed by atoms with van der Waals surface area (Å²) >= 11 is 1.81. The molecule has 0 aromatic carbocycles. The Morgan fingerprint density at radius 3 is 2.65 bits per heavy atom. The van der Waals surface area contributed by atoms with Crippen molar-refractivity contribution in [1.82, 2.24) is 15.5 Å². The number of nitrogens with one attached hydrogen (secondary N) is 2. The van der Waals surface area contributed by atoms with Crippen molar-refractivity contribution in [3.8, 4) is 0 Å². The van der Waals surface area contributed by atoms with Crippen molar-refractivity contribution >= 4 is 23.2 Å². The van der Waals surface area contributed by atoms with Crippen LogP contribution in [-0.4, -0.2) is 50.0 Å². The molecule has 0 radical (unpaired) electrons. The molecule has 1 rings (SSSR count). The fourth-order valence-electron chi connectivity index (χ4n) is 1.86. The number of likely N-dealkylation sites (N-methyl/N-ethyl adjacent to an activating group) is 1. The molecule has 0 saturated heterocycles. The largest absolute Gasteiger partial charge is 0.354 e. The molecule has 1 heterocycles. The Morgan fingerprint density at radius 1 is 1.43 bits per heavy atom. The van der Waals surface area contributed by atoms with Gasteiger partial charge >= 0.3 is 0 Å². The van der Waals surface area contributed by atoms with Gasteiger partial charge in [0.2, 0.25) is 5.91 Å². The number of guanidine groups is 1. The summed E-state index contributed by atoms with van der Waals surface area (Å²) in [7, 11) is 3.46. The van der Waals surface area contributed by atoms with E-state index in [9.17, 15) is 4.79 Å². The third kappa shape index (κ3) is 7.83. The molecule has 0 spiro atoms. The van der Waals surface area contributed by atoms with Crippen LogP contribution in [0.1, 0.15) is 23.6 Å². The molecule has 1 aromatic heterocycles. The van der Waals surface area contributed by atoms with E-state index in [0.29, 0.717) is 12.5 Å². The van der Waals surface area contributed by atoms with E-state index in [4.69, 9.17) is 0 Å². The minimum atomic E-state index is -0.0250. The summed E-state index contributed by atoms with van der Waals surface area (Å²) in [6.45, 7) is 10.8. The molecule has 6 heteroatoms. The molecular weight excluding hydrogens is 308 g/mol. The highest BCUT2D eigenvalue weighted by Gasteiger charge is 2.09. The number of hydrogen-bond acceptors (Lipinski definition) is 3. The van der Waals surface area contributed by atoms with Gasteiger partial charge in [0.25, 0.3) is 0 Å². The standard InChI is InChI=1S/C17H28N4OS/c1-12(2)10-18-17(19-11-16(22)21(5)6)20-13(3)9-15-8-7-14(4)23-15/h7-8,13H,1,9-11H2,2-6H3,(H2,18,19,20). The van der Waals surface area contributed by atoms with Crippen LogP contribution >= 0.6 is 11.3 Å². The zero-order chi connectivity index (χ0) is 17.4. The summed E-state index contributed by atoms with van der Waals surface area (Å²) in [6.07, 6.45) is 0.925. The second-order valence-electron chi connectivity index (χ2n) is 6.03. The molecule has 0 aliphatic rings. The highest BCUT2D eigenvalue weighted by atomic mass is 32.1. The maximum absolute atomic E-state index is 11.7. The van der Waals surface area contributed by atoms with Gasteiger partial charge in [-0.15, -0.1) is 11.3 Å². The van der Waals surface area contributed by atoms with E-state index in [2.05, 4.69) is 48.2 Å². The number of amides is 1. The van der Waals surface area contributed by atoms with Gasteiger partial charge < -0.3 is 15.5 Å². The molecular formula is C17H28N4OS. The first-order valence-corrected chi connectivity index (χ1v) is 8.54. The molecule has 5 nitrogen and oxygen atoms in total. The van der Waals surface area contributed by atoms with Crippen LogP contribution in [0.15, 0.2) is 29.3 Å². The second kappa shape index (κ2) is 9.35. The predicted octanol–water partition coefficient (Wildman–Crippen LogP) is 2.19. The molecule has 1 aromatic rings. The number of rotatable bonds is 7. The van der Waals surface area contributed by atoms with Crippen LogP contribution in [0.3, 0.4) is 0 Å². The van der Waals surface area contributed by atoms with E-state index in [0.717, 1.165) is 12.0 Å². The summed E-state index contributed by atoms with van der Waals surface area (Å²) < 4.78 is 0. The first kappa shape index (κ1) is 19.2. The molecule has 128 valence electrons. The second-order valence-corrected chi connectivity index (χ2v) is 7.40. The highest BCUT2D eigenvalue weighted by Crippen LogP contribution is 2.16. The molecule has 0 saturated carbocycles. The average Bonchev–Trinajstić information content (AvgIpc) is 2.86. The Balaban J connectivity index is 2.64. The van der Waals surface area contributed by atoms with Crippen molar-refractivity contribution in [2.45, 2.75) is 33.2 Å². The van der Waals surface area contributed by atoms with Gasteiger partial charge in [-0.05, 0) is 32.9 Å². The van der Waals surface area contributed by atoms with Gasteiger partial charge in [0.1, 0.15) is 6.54 Å². The summed E-state index contributed by atoms with van der Waals surface area (Å²) in [6, 6.07) is 4.52. The minimum absolute atomic E-state index is 0.0250. The van der Waals surface area contributed by atoms with E-state index in [1.54, 1.807) is 14.1 Å². The lowest BCUT2D eigenvalue weighted by atomic mass is 10.2. The lowest BCUT2D eigenvalue weighted by Crippen LogP contribution is -2.44. The summed E-state index contributed by atoms with van der Waals surface area (Å²) in [4.78, 5) is 20.3. The smallest absolute Gasteiger partial charge is 0.243 e. The van der Waals surface area contributed by atoms with Crippen LogP contribution in [0, 0.1) is 6.92 Å². The fourth-order valence-corrected chi connectivity index (χ4v) is 2.88. The quantitative estimate of drug-likeness (QED) is 0.456. The highest BCUT2D eigenvalue weighted by molar-refractivity contribution is 7.11. The average molecular weight is 337 g/mol. The van der Waals surface area contributed by atoms with E-state index >= 15 is 0 Å². The van der Waals surface area contributed by atoms with Crippen molar-refractivity contribution in [1.29, 1.82) is 0 Å². The molecule has 0 aliphatic carbocycles. The monoisotopic (exact) mass is 336 g/mol. The van der Waals surface area contributed by atoms with Gasteiger partial charge in [0.05, 0.1) is 0 Å².